The fourth-order valence-corrected chi connectivity index (χ4v) is 3.35. The molecule has 1 aromatic carbocycles. The summed E-state index contributed by atoms with van der Waals surface area (Å²) < 4.78 is 6.20. The minimum atomic E-state index is 0.719. The van der Waals surface area contributed by atoms with E-state index in [2.05, 4.69) is 17.5 Å². The summed E-state index contributed by atoms with van der Waals surface area (Å²) in [4.78, 5) is 1.74. The number of benzene rings is 1. The van der Waals surface area contributed by atoms with Gasteiger partial charge in [-0.15, -0.1) is 0 Å². The van der Waals surface area contributed by atoms with Crippen LogP contribution >= 0.6 is 36.2 Å². The molecule has 0 aromatic heterocycles. The molecular weight excluding hydrogens is 270 g/mol. The smallest absolute Gasteiger partial charge is 0.143 e. The highest BCUT2D eigenvalue weighted by atomic mass is 32.2. The van der Waals surface area contributed by atoms with Crippen LogP contribution in [0.25, 0.3) is 6.08 Å². The fraction of sp³-hybridized carbons (Fsp3) is 0.167. The zero-order valence-electron chi connectivity index (χ0n) is 8.86. The molecule has 5 heteroatoms. The van der Waals surface area contributed by atoms with Crippen molar-refractivity contribution in [3.05, 3.63) is 34.2 Å². The molecule has 0 unspecified atom stereocenters. The summed E-state index contributed by atoms with van der Waals surface area (Å²) >= 11 is 11.8. The fourth-order valence-electron chi connectivity index (χ4n) is 1.87. The molecule has 86 valence electrons. The van der Waals surface area contributed by atoms with Gasteiger partial charge in [0.15, 0.2) is 0 Å². The maximum Gasteiger partial charge on any atom is 0.143 e. The molecule has 3 rings (SSSR count). The van der Waals surface area contributed by atoms with Gasteiger partial charge in [0, 0.05) is 11.3 Å². The second-order valence-electron chi connectivity index (χ2n) is 3.82. The van der Waals surface area contributed by atoms with Crippen molar-refractivity contribution in [3.8, 4) is 5.75 Å². The molecular formula is C12H9NOS3. The Morgan fingerprint density at radius 3 is 3.00 bits per heavy atom. The van der Waals surface area contributed by atoms with Crippen LogP contribution in [0.5, 0.6) is 5.75 Å². The van der Waals surface area contributed by atoms with E-state index in [4.69, 9.17) is 29.2 Å². The first kappa shape index (κ1) is 11.2. The van der Waals surface area contributed by atoms with Gasteiger partial charge in [-0.3, -0.25) is 0 Å². The summed E-state index contributed by atoms with van der Waals surface area (Å²) in [6, 6.07) is 6.21. The first-order valence-electron chi connectivity index (χ1n) is 5.23. The zero-order chi connectivity index (χ0) is 11.8. The molecule has 2 aliphatic heterocycles. The van der Waals surface area contributed by atoms with E-state index in [0.29, 0.717) is 0 Å². The predicted molar refractivity (Wildman–Crippen MR) is 79.5 cm³/mol. The molecule has 2 nitrogen and oxygen atoms in total. The normalized spacial score (nSPS) is 20.4. The van der Waals surface area contributed by atoms with Crippen molar-refractivity contribution in [3.63, 3.8) is 0 Å². The van der Waals surface area contributed by atoms with Gasteiger partial charge < -0.3 is 10.1 Å². The van der Waals surface area contributed by atoms with Gasteiger partial charge in [0.2, 0.25) is 0 Å². The van der Waals surface area contributed by atoms with Gasteiger partial charge in [0.25, 0.3) is 0 Å². The molecule has 0 amide bonds. The van der Waals surface area contributed by atoms with Gasteiger partial charge in [-0.2, -0.15) is 0 Å². The topological polar surface area (TPSA) is 21.3 Å². The molecule has 1 aromatic rings. The minimum absolute atomic E-state index is 0.719. The molecule has 17 heavy (non-hydrogen) atoms. The zero-order valence-corrected chi connectivity index (χ0v) is 11.3. The lowest BCUT2D eigenvalue weighted by Crippen LogP contribution is -2.15. The second-order valence-corrected chi connectivity index (χ2v) is 5.94. The van der Waals surface area contributed by atoms with Crippen LogP contribution in [0.4, 0.5) is 0 Å². The molecule has 0 atom stereocenters. The first-order valence-corrected chi connectivity index (χ1v) is 6.86. The highest BCUT2D eigenvalue weighted by molar-refractivity contribution is 8.27. The van der Waals surface area contributed by atoms with E-state index in [0.717, 1.165) is 38.6 Å². The Labute approximate surface area is 114 Å². The molecule has 2 heterocycles. The largest absolute Gasteiger partial charge is 0.493 e. The number of thiocarbonyl (C=S) groups is 2. The van der Waals surface area contributed by atoms with Gasteiger partial charge >= 0.3 is 0 Å². The van der Waals surface area contributed by atoms with E-state index in [1.54, 1.807) is 0 Å². The van der Waals surface area contributed by atoms with E-state index in [-0.39, 0.29) is 0 Å². The number of hydrogen-bond donors (Lipinski definition) is 1. The molecule has 1 N–H and O–H groups in total. The highest BCUT2D eigenvalue weighted by Gasteiger charge is 2.19. The third-order valence-electron chi connectivity index (χ3n) is 2.65. The molecule has 0 radical (unpaired) electrons. The van der Waals surface area contributed by atoms with E-state index in [9.17, 15) is 0 Å². The van der Waals surface area contributed by atoms with Gasteiger partial charge in [-0.25, -0.2) is 0 Å². The number of ether oxygens (including phenoxy) is 1. The van der Waals surface area contributed by atoms with Crippen molar-refractivity contribution >= 4 is 51.6 Å². The van der Waals surface area contributed by atoms with Crippen molar-refractivity contribution in [1.29, 1.82) is 0 Å². The average Bonchev–Trinajstić information content (AvgIpc) is 2.85. The molecule has 2 aliphatic rings. The summed E-state index contributed by atoms with van der Waals surface area (Å²) in [5, 5.41) is 2.97. The van der Waals surface area contributed by atoms with Crippen molar-refractivity contribution in [2.24, 2.45) is 0 Å². The van der Waals surface area contributed by atoms with Crippen LogP contribution in [0.2, 0.25) is 0 Å². The van der Waals surface area contributed by atoms with Crippen molar-refractivity contribution in [1.82, 2.24) is 5.32 Å². The van der Waals surface area contributed by atoms with Gasteiger partial charge in [-0.1, -0.05) is 42.3 Å². The molecule has 0 bridgehead atoms. The first-order chi connectivity index (χ1) is 8.22. The third kappa shape index (κ3) is 2.22. The molecule has 1 saturated heterocycles. The summed E-state index contributed by atoms with van der Waals surface area (Å²) in [5.41, 5.74) is 2.41. The lowest BCUT2D eigenvalue weighted by molar-refractivity contribution is 0.357. The van der Waals surface area contributed by atoms with Crippen LogP contribution in [0, 0.1) is 0 Å². The number of rotatable bonds is 1. The Balaban J connectivity index is 1.93. The Morgan fingerprint density at radius 1 is 1.35 bits per heavy atom. The highest BCUT2D eigenvalue weighted by Crippen LogP contribution is 2.30. The van der Waals surface area contributed by atoms with Gasteiger partial charge in [-0.05, 0) is 29.3 Å². The Hall–Kier alpha value is -0.910. The Kier molecular flexibility index (Phi) is 2.90. The molecule has 0 aliphatic carbocycles. The number of hydrogen-bond acceptors (Lipinski definition) is 4. The average molecular weight is 279 g/mol. The van der Waals surface area contributed by atoms with Crippen LogP contribution in [-0.2, 0) is 6.42 Å². The van der Waals surface area contributed by atoms with E-state index in [1.165, 1.54) is 17.3 Å². The van der Waals surface area contributed by atoms with E-state index in [1.807, 2.05) is 12.1 Å². The van der Waals surface area contributed by atoms with Crippen molar-refractivity contribution in [2.45, 2.75) is 6.42 Å². The third-order valence-corrected chi connectivity index (χ3v) is 4.29. The monoisotopic (exact) mass is 279 g/mol. The lowest BCUT2D eigenvalue weighted by Gasteiger charge is -2.00. The number of fused-ring (bicyclic) bond motifs is 1. The van der Waals surface area contributed by atoms with Crippen LogP contribution in [0.15, 0.2) is 23.1 Å². The summed E-state index contributed by atoms with van der Waals surface area (Å²) in [6.45, 7) is 0.786. The molecule has 0 saturated carbocycles. The lowest BCUT2D eigenvalue weighted by atomic mass is 10.1. The maximum atomic E-state index is 5.48. The van der Waals surface area contributed by atoms with Gasteiger partial charge in [0.05, 0.1) is 6.61 Å². The second kappa shape index (κ2) is 4.40. The molecule has 1 fully saturated rings. The van der Waals surface area contributed by atoms with Crippen LogP contribution < -0.4 is 10.1 Å². The SMILES string of the molecule is S=C1NC(=S)/C(=C/c2ccc3c(c2)CCO3)S1. The summed E-state index contributed by atoms with van der Waals surface area (Å²) in [6.07, 6.45) is 3.05. The summed E-state index contributed by atoms with van der Waals surface area (Å²) in [5.74, 6) is 1.00. The summed E-state index contributed by atoms with van der Waals surface area (Å²) in [7, 11) is 0. The van der Waals surface area contributed by atoms with Gasteiger partial charge in [0.1, 0.15) is 15.1 Å². The van der Waals surface area contributed by atoms with Crippen LogP contribution in [0.3, 0.4) is 0 Å². The Morgan fingerprint density at radius 2 is 2.24 bits per heavy atom. The minimum Gasteiger partial charge on any atom is -0.493 e. The van der Waals surface area contributed by atoms with E-state index < -0.39 is 0 Å². The standard InChI is InChI=1S/C12H9NOS3/c15-11-10(17-12(16)13-11)6-7-1-2-9-8(5-7)3-4-14-9/h1-2,5-6H,3-4H2,(H,13,15,16)/b10-6-. The quantitative estimate of drug-likeness (QED) is 0.628. The number of nitrogens with one attached hydrogen (secondary N) is 1. The van der Waals surface area contributed by atoms with Crippen molar-refractivity contribution in [2.75, 3.05) is 6.61 Å². The molecule has 0 spiro atoms. The van der Waals surface area contributed by atoms with Crippen LogP contribution in [-0.4, -0.2) is 15.9 Å². The van der Waals surface area contributed by atoms with Crippen LogP contribution in [0.1, 0.15) is 11.1 Å². The maximum absolute atomic E-state index is 5.48. The predicted octanol–water partition coefficient (Wildman–Crippen LogP) is 2.91. The van der Waals surface area contributed by atoms with Crippen molar-refractivity contribution < 1.29 is 4.74 Å². The number of thioether (sulfide) groups is 1. The Bertz CT molecular complexity index is 551. The van der Waals surface area contributed by atoms with E-state index >= 15 is 0 Å².